The lowest BCUT2D eigenvalue weighted by atomic mass is 10.1. The highest BCUT2D eigenvalue weighted by molar-refractivity contribution is 6.03. The highest BCUT2D eigenvalue weighted by atomic mass is 19.4. The lowest BCUT2D eigenvalue weighted by Gasteiger charge is -2.32. The van der Waals surface area contributed by atoms with Crippen LogP contribution in [-0.4, -0.2) is 39.5 Å². The number of methoxy groups -OCH3 is 2. The number of esters is 2. The summed E-state index contributed by atoms with van der Waals surface area (Å²) in [5.41, 5.74) is -2.66. The number of halogens is 6. The molecule has 0 radical (unpaired) electrons. The van der Waals surface area contributed by atoms with Crippen LogP contribution in [0.1, 0.15) is 5.56 Å². The van der Waals surface area contributed by atoms with Gasteiger partial charge in [-0.25, -0.2) is 22.8 Å². The van der Waals surface area contributed by atoms with Gasteiger partial charge in [-0.2, -0.15) is 13.2 Å². The minimum atomic E-state index is -5.02. The van der Waals surface area contributed by atoms with Crippen LogP contribution in [-0.2, 0) is 30.0 Å². The Hall–Kier alpha value is -3.74. The maximum atomic E-state index is 14.3. The Morgan fingerprint density at radius 2 is 1.59 bits per heavy atom. The predicted molar refractivity (Wildman–Crippen MR) is 102 cm³/mol. The van der Waals surface area contributed by atoms with Crippen molar-refractivity contribution in [3.05, 3.63) is 64.6 Å². The summed E-state index contributed by atoms with van der Waals surface area (Å²) in [4.78, 5) is 25.5. The molecular formula is C21H15F6NO6. The Bertz CT molecular complexity index is 1140. The molecule has 0 N–H and O–H groups in total. The van der Waals surface area contributed by atoms with Gasteiger partial charge in [0.05, 0.1) is 37.7 Å². The lowest BCUT2D eigenvalue weighted by molar-refractivity contribution is -0.140. The van der Waals surface area contributed by atoms with Crippen LogP contribution >= 0.6 is 0 Å². The molecule has 2 aromatic rings. The number of anilines is 1. The minimum Gasteiger partial charge on any atom is -0.466 e. The van der Waals surface area contributed by atoms with Crippen LogP contribution in [0.3, 0.4) is 0 Å². The van der Waals surface area contributed by atoms with Crippen molar-refractivity contribution in [2.75, 3.05) is 32.5 Å². The van der Waals surface area contributed by atoms with Crippen LogP contribution in [0.2, 0.25) is 0 Å². The molecule has 1 aliphatic rings. The monoisotopic (exact) mass is 491 g/mol. The lowest BCUT2D eigenvalue weighted by Crippen LogP contribution is -2.39. The topological polar surface area (TPSA) is 74.3 Å². The van der Waals surface area contributed by atoms with Crippen LogP contribution in [0.15, 0.2) is 41.6 Å². The summed E-state index contributed by atoms with van der Waals surface area (Å²) < 4.78 is 101. The second-order valence-corrected chi connectivity index (χ2v) is 6.70. The SMILES string of the molecule is COC(=O)C1=C(C(=O)OC)N(c2cc(F)ccc2Oc2c(F)cc(C(F)(F)F)cc2F)COC1. The molecule has 0 amide bonds. The quantitative estimate of drug-likeness (QED) is 0.456. The zero-order valence-electron chi connectivity index (χ0n) is 17.5. The predicted octanol–water partition coefficient (Wildman–Crippen LogP) is 4.31. The molecule has 34 heavy (non-hydrogen) atoms. The van der Waals surface area contributed by atoms with Gasteiger partial charge in [-0.1, -0.05) is 0 Å². The van der Waals surface area contributed by atoms with Crippen LogP contribution in [0.5, 0.6) is 11.5 Å². The molecular weight excluding hydrogens is 476 g/mol. The molecule has 182 valence electrons. The molecule has 7 nitrogen and oxygen atoms in total. The highest BCUT2D eigenvalue weighted by Crippen LogP contribution is 2.40. The van der Waals surface area contributed by atoms with Gasteiger partial charge in [-0.15, -0.1) is 0 Å². The average molecular weight is 491 g/mol. The molecule has 0 fully saturated rings. The van der Waals surface area contributed by atoms with Crippen LogP contribution < -0.4 is 9.64 Å². The number of rotatable bonds is 5. The Morgan fingerprint density at radius 3 is 2.15 bits per heavy atom. The summed E-state index contributed by atoms with van der Waals surface area (Å²) >= 11 is 0. The Labute approximate surface area is 188 Å². The molecule has 1 heterocycles. The molecule has 0 unspecified atom stereocenters. The molecule has 0 saturated heterocycles. The first-order valence-electron chi connectivity index (χ1n) is 9.26. The summed E-state index contributed by atoms with van der Waals surface area (Å²) in [6.07, 6.45) is -5.02. The van der Waals surface area contributed by atoms with Gasteiger partial charge in [0, 0.05) is 6.07 Å². The number of ether oxygens (including phenoxy) is 4. The van der Waals surface area contributed by atoms with Crippen molar-refractivity contribution in [3.8, 4) is 11.5 Å². The van der Waals surface area contributed by atoms with E-state index in [0.29, 0.717) is 0 Å². The van der Waals surface area contributed by atoms with E-state index in [1.807, 2.05) is 0 Å². The zero-order chi connectivity index (χ0) is 25.2. The third-order valence-corrected chi connectivity index (χ3v) is 4.58. The van der Waals surface area contributed by atoms with E-state index in [-0.39, 0.29) is 30.0 Å². The summed E-state index contributed by atoms with van der Waals surface area (Å²) in [5, 5.41) is 0. The molecule has 0 atom stereocenters. The average Bonchev–Trinajstić information content (AvgIpc) is 2.79. The summed E-state index contributed by atoms with van der Waals surface area (Å²) in [7, 11) is 2.05. The van der Waals surface area contributed by atoms with E-state index in [9.17, 15) is 35.9 Å². The van der Waals surface area contributed by atoms with Crippen LogP contribution in [0.4, 0.5) is 32.0 Å². The van der Waals surface area contributed by atoms with Gasteiger partial charge < -0.3 is 23.8 Å². The van der Waals surface area contributed by atoms with Gasteiger partial charge in [0.25, 0.3) is 0 Å². The number of alkyl halides is 3. The van der Waals surface area contributed by atoms with Gasteiger partial charge >= 0.3 is 18.1 Å². The van der Waals surface area contributed by atoms with E-state index >= 15 is 0 Å². The van der Waals surface area contributed by atoms with E-state index in [2.05, 4.69) is 9.47 Å². The van der Waals surface area contributed by atoms with Gasteiger partial charge in [-0.05, 0) is 24.3 Å². The largest absolute Gasteiger partial charge is 0.466 e. The normalized spacial score (nSPS) is 14.2. The first-order chi connectivity index (χ1) is 16.0. The molecule has 0 aromatic heterocycles. The van der Waals surface area contributed by atoms with Crippen molar-refractivity contribution in [2.24, 2.45) is 0 Å². The molecule has 0 saturated carbocycles. The first-order valence-corrected chi connectivity index (χ1v) is 9.26. The second kappa shape index (κ2) is 9.63. The standard InChI is InChI=1S/C21H15F6NO6/c1-31-19(29)12-8-33-9-28(17(12)20(30)32-2)15-7-11(22)3-4-16(15)34-18-13(23)5-10(6-14(18)24)21(25,26)27/h3-7H,8-9H2,1-2H3. The number of carbonyl (C=O) groups excluding carboxylic acids is 2. The zero-order valence-corrected chi connectivity index (χ0v) is 17.5. The third kappa shape index (κ3) is 4.93. The molecule has 13 heteroatoms. The Balaban J connectivity index is 2.13. The second-order valence-electron chi connectivity index (χ2n) is 6.70. The minimum absolute atomic E-state index is 0.0285. The van der Waals surface area contributed by atoms with Gasteiger partial charge in [0.1, 0.15) is 18.2 Å². The van der Waals surface area contributed by atoms with Crippen molar-refractivity contribution in [3.63, 3.8) is 0 Å². The van der Waals surface area contributed by atoms with E-state index < -0.39 is 65.1 Å². The van der Waals surface area contributed by atoms with Gasteiger partial charge in [0.15, 0.2) is 23.1 Å². The van der Waals surface area contributed by atoms with Gasteiger partial charge in [-0.3, -0.25) is 0 Å². The number of carbonyl (C=O) groups is 2. The molecule has 2 aromatic carbocycles. The number of hydrogen-bond acceptors (Lipinski definition) is 7. The van der Waals surface area contributed by atoms with E-state index in [4.69, 9.17) is 9.47 Å². The number of hydrogen-bond donors (Lipinski definition) is 0. The fourth-order valence-corrected chi connectivity index (χ4v) is 3.05. The molecule has 0 spiro atoms. The summed E-state index contributed by atoms with van der Waals surface area (Å²) in [6.45, 7) is -0.829. The fourth-order valence-electron chi connectivity index (χ4n) is 3.05. The number of nitrogens with zero attached hydrogens (tertiary/aromatic N) is 1. The van der Waals surface area contributed by atoms with Gasteiger partial charge in [0.2, 0.25) is 0 Å². The summed E-state index contributed by atoms with van der Waals surface area (Å²) in [5.74, 6) is -7.96. The van der Waals surface area contributed by atoms with Crippen LogP contribution in [0, 0.1) is 17.5 Å². The Morgan fingerprint density at radius 1 is 0.971 bits per heavy atom. The maximum absolute atomic E-state index is 14.3. The molecule has 0 aliphatic carbocycles. The van der Waals surface area contributed by atoms with Crippen molar-refractivity contribution >= 4 is 17.6 Å². The highest BCUT2D eigenvalue weighted by Gasteiger charge is 2.35. The molecule has 1 aliphatic heterocycles. The van der Waals surface area contributed by atoms with E-state index in [1.54, 1.807) is 0 Å². The van der Waals surface area contributed by atoms with Crippen molar-refractivity contribution in [1.82, 2.24) is 0 Å². The Kier molecular flexibility index (Phi) is 7.05. The summed E-state index contributed by atoms with van der Waals surface area (Å²) in [6, 6.07) is 2.61. The van der Waals surface area contributed by atoms with Crippen LogP contribution in [0.25, 0.3) is 0 Å². The van der Waals surface area contributed by atoms with E-state index in [1.165, 1.54) is 0 Å². The maximum Gasteiger partial charge on any atom is 0.416 e. The smallest absolute Gasteiger partial charge is 0.416 e. The van der Waals surface area contributed by atoms with Crippen molar-refractivity contribution < 1.29 is 54.9 Å². The van der Waals surface area contributed by atoms with Crippen molar-refractivity contribution in [2.45, 2.75) is 6.18 Å². The van der Waals surface area contributed by atoms with E-state index in [0.717, 1.165) is 37.3 Å². The number of benzene rings is 2. The molecule has 0 bridgehead atoms. The fraction of sp³-hybridized carbons (Fsp3) is 0.238. The first kappa shape index (κ1) is 24.9. The third-order valence-electron chi connectivity index (χ3n) is 4.58. The molecule has 3 rings (SSSR count). The van der Waals surface area contributed by atoms with Crippen molar-refractivity contribution in [1.29, 1.82) is 0 Å².